The van der Waals surface area contributed by atoms with Crippen molar-refractivity contribution in [3.05, 3.63) is 59.7 Å². The molecule has 1 aromatic carbocycles. The molecule has 5 heteroatoms. The molecule has 2 aromatic rings. The molecule has 1 aliphatic heterocycles. The molecule has 0 bridgehead atoms. The Labute approximate surface area is 186 Å². The minimum absolute atomic E-state index is 0.00911. The fourth-order valence-corrected chi connectivity index (χ4v) is 5.05. The van der Waals surface area contributed by atoms with Crippen molar-refractivity contribution in [2.75, 3.05) is 19.6 Å². The van der Waals surface area contributed by atoms with E-state index in [0.717, 1.165) is 44.6 Å². The molecule has 2 heterocycles. The van der Waals surface area contributed by atoms with Crippen molar-refractivity contribution in [2.45, 2.75) is 70.3 Å². The highest BCUT2D eigenvalue weighted by atomic mass is 16.1. The number of aromatic nitrogens is 2. The Bertz CT molecular complexity index is 826. The maximum absolute atomic E-state index is 12.8. The maximum Gasteiger partial charge on any atom is 0.254 e. The smallest absolute Gasteiger partial charge is 0.254 e. The van der Waals surface area contributed by atoms with Crippen LogP contribution in [-0.2, 0) is 6.42 Å². The van der Waals surface area contributed by atoms with Gasteiger partial charge in [0.25, 0.3) is 5.91 Å². The highest BCUT2D eigenvalue weighted by Gasteiger charge is 2.24. The van der Waals surface area contributed by atoms with E-state index in [0.29, 0.717) is 23.4 Å². The van der Waals surface area contributed by atoms with E-state index in [4.69, 9.17) is 0 Å². The van der Waals surface area contributed by atoms with Crippen LogP contribution in [0.15, 0.2) is 42.9 Å². The van der Waals surface area contributed by atoms with Gasteiger partial charge in [-0.2, -0.15) is 0 Å². The molecule has 166 valence electrons. The standard InChI is InChI=1S/C26H36N4O/c1-20(22-7-3-2-4-8-22)11-14-30-15-12-21(13-16-30)17-25-24(18-27-19-28-25)26(31)29-23-9-5-6-10-23/h2-4,7-8,18-21,23H,5-6,9-17H2,1H3,(H,29,31). The molecule has 31 heavy (non-hydrogen) atoms. The molecule has 1 aliphatic carbocycles. The Balaban J connectivity index is 1.25. The number of nitrogens with one attached hydrogen (secondary N) is 1. The van der Waals surface area contributed by atoms with Crippen LogP contribution in [0.25, 0.3) is 0 Å². The first-order chi connectivity index (χ1) is 15.2. The normalized spacial score (nSPS) is 19.4. The second-order valence-electron chi connectivity index (χ2n) is 9.43. The number of hydrogen-bond donors (Lipinski definition) is 1. The summed E-state index contributed by atoms with van der Waals surface area (Å²) in [5.41, 5.74) is 3.03. The molecule has 1 atom stereocenters. The molecule has 1 unspecified atom stereocenters. The van der Waals surface area contributed by atoms with Crippen molar-refractivity contribution < 1.29 is 4.79 Å². The summed E-state index contributed by atoms with van der Waals surface area (Å²) in [4.78, 5) is 24.0. The van der Waals surface area contributed by atoms with Crippen LogP contribution < -0.4 is 5.32 Å². The highest BCUT2D eigenvalue weighted by molar-refractivity contribution is 5.95. The zero-order valence-corrected chi connectivity index (χ0v) is 18.8. The molecule has 1 amide bonds. The molecule has 2 fully saturated rings. The van der Waals surface area contributed by atoms with E-state index in [-0.39, 0.29) is 5.91 Å². The average Bonchev–Trinajstić information content (AvgIpc) is 3.32. The fraction of sp³-hybridized carbons (Fsp3) is 0.577. The minimum Gasteiger partial charge on any atom is -0.349 e. The van der Waals surface area contributed by atoms with E-state index in [2.05, 4.69) is 57.4 Å². The van der Waals surface area contributed by atoms with Crippen LogP contribution in [0, 0.1) is 5.92 Å². The number of piperidine rings is 1. The Kier molecular flexibility index (Phi) is 7.68. The summed E-state index contributed by atoms with van der Waals surface area (Å²) >= 11 is 0. The predicted octanol–water partition coefficient (Wildman–Crippen LogP) is 4.60. The third-order valence-electron chi connectivity index (χ3n) is 7.17. The van der Waals surface area contributed by atoms with Gasteiger partial charge < -0.3 is 10.2 Å². The van der Waals surface area contributed by atoms with Gasteiger partial charge in [-0.15, -0.1) is 0 Å². The van der Waals surface area contributed by atoms with Gasteiger partial charge in [0.15, 0.2) is 0 Å². The van der Waals surface area contributed by atoms with Gasteiger partial charge in [0.2, 0.25) is 0 Å². The molecule has 2 aliphatic rings. The molecule has 1 aromatic heterocycles. The summed E-state index contributed by atoms with van der Waals surface area (Å²) in [6.45, 7) is 5.77. The molecule has 1 saturated carbocycles. The zero-order chi connectivity index (χ0) is 21.5. The van der Waals surface area contributed by atoms with E-state index in [1.165, 1.54) is 37.7 Å². The van der Waals surface area contributed by atoms with Gasteiger partial charge in [0, 0.05) is 12.2 Å². The number of carbonyl (C=O) groups is 1. The van der Waals surface area contributed by atoms with Crippen molar-refractivity contribution in [3.63, 3.8) is 0 Å². The number of likely N-dealkylation sites (tertiary alicyclic amines) is 1. The lowest BCUT2D eigenvalue weighted by Crippen LogP contribution is -2.36. The lowest BCUT2D eigenvalue weighted by Gasteiger charge is -2.32. The first-order valence-corrected chi connectivity index (χ1v) is 12.1. The topological polar surface area (TPSA) is 58.1 Å². The van der Waals surface area contributed by atoms with Gasteiger partial charge in [0.1, 0.15) is 6.33 Å². The Hall–Kier alpha value is -2.27. The lowest BCUT2D eigenvalue weighted by atomic mass is 9.90. The number of nitrogens with zero attached hydrogens (tertiary/aromatic N) is 3. The minimum atomic E-state index is 0.00911. The lowest BCUT2D eigenvalue weighted by molar-refractivity contribution is 0.0935. The van der Waals surface area contributed by atoms with E-state index in [1.807, 2.05) is 0 Å². The van der Waals surface area contributed by atoms with Crippen molar-refractivity contribution in [3.8, 4) is 0 Å². The van der Waals surface area contributed by atoms with Crippen LogP contribution in [0.3, 0.4) is 0 Å². The number of carbonyl (C=O) groups excluding carboxylic acids is 1. The molecular weight excluding hydrogens is 384 g/mol. The van der Waals surface area contributed by atoms with Crippen LogP contribution in [0.4, 0.5) is 0 Å². The first kappa shape index (κ1) is 21.9. The highest BCUT2D eigenvalue weighted by Crippen LogP contribution is 2.25. The van der Waals surface area contributed by atoms with Crippen molar-refractivity contribution in [1.29, 1.82) is 0 Å². The Morgan fingerprint density at radius 1 is 1.13 bits per heavy atom. The van der Waals surface area contributed by atoms with Crippen LogP contribution in [0.1, 0.15) is 79.4 Å². The second-order valence-corrected chi connectivity index (χ2v) is 9.43. The molecule has 1 N–H and O–H groups in total. The second kappa shape index (κ2) is 10.9. The van der Waals surface area contributed by atoms with Crippen molar-refractivity contribution >= 4 is 5.91 Å². The van der Waals surface area contributed by atoms with Crippen LogP contribution >= 0.6 is 0 Å². The van der Waals surface area contributed by atoms with Gasteiger partial charge >= 0.3 is 0 Å². The van der Waals surface area contributed by atoms with Crippen LogP contribution in [0.2, 0.25) is 0 Å². The molecule has 1 saturated heterocycles. The van der Waals surface area contributed by atoms with Crippen LogP contribution in [0.5, 0.6) is 0 Å². The number of amides is 1. The molecule has 0 spiro atoms. The number of benzene rings is 1. The first-order valence-electron chi connectivity index (χ1n) is 12.1. The van der Waals surface area contributed by atoms with Crippen molar-refractivity contribution in [2.24, 2.45) is 5.92 Å². The zero-order valence-electron chi connectivity index (χ0n) is 18.8. The summed E-state index contributed by atoms with van der Waals surface area (Å²) in [5, 5.41) is 3.19. The quantitative estimate of drug-likeness (QED) is 0.678. The SMILES string of the molecule is CC(CCN1CCC(Cc2ncncc2C(=O)NC2CCCC2)CC1)c1ccccc1. The Morgan fingerprint density at radius 3 is 2.61 bits per heavy atom. The maximum atomic E-state index is 12.8. The molecular formula is C26H36N4O. The van der Waals surface area contributed by atoms with E-state index in [1.54, 1.807) is 12.5 Å². The molecule has 5 nitrogen and oxygen atoms in total. The average molecular weight is 421 g/mol. The van der Waals surface area contributed by atoms with Crippen LogP contribution in [-0.4, -0.2) is 46.5 Å². The third kappa shape index (κ3) is 6.13. The predicted molar refractivity (Wildman–Crippen MR) is 124 cm³/mol. The van der Waals surface area contributed by atoms with Gasteiger partial charge in [0.05, 0.1) is 11.3 Å². The fourth-order valence-electron chi connectivity index (χ4n) is 5.05. The third-order valence-corrected chi connectivity index (χ3v) is 7.17. The summed E-state index contributed by atoms with van der Waals surface area (Å²) in [7, 11) is 0. The van der Waals surface area contributed by atoms with Crippen molar-refractivity contribution in [1.82, 2.24) is 20.2 Å². The largest absolute Gasteiger partial charge is 0.349 e. The van der Waals surface area contributed by atoms with E-state index in [9.17, 15) is 4.79 Å². The molecule has 4 rings (SSSR count). The summed E-state index contributed by atoms with van der Waals surface area (Å²) < 4.78 is 0. The van der Waals surface area contributed by atoms with Gasteiger partial charge in [-0.3, -0.25) is 4.79 Å². The van der Waals surface area contributed by atoms with Gasteiger partial charge in [-0.05, 0) is 75.6 Å². The summed E-state index contributed by atoms with van der Waals surface area (Å²) in [6.07, 6.45) is 12.3. The van der Waals surface area contributed by atoms with Gasteiger partial charge in [-0.25, -0.2) is 9.97 Å². The van der Waals surface area contributed by atoms with E-state index < -0.39 is 0 Å². The van der Waals surface area contributed by atoms with E-state index >= 15 is 0 Å². The molecule has 0 radical (unpaired) electrons. The summed E-state index contributed by atoms with van der Waals surface area (Å²) in [5.74, 6) is 1.20. The monoisotopic (exact) mass is 420 g/mol. The number of hydrogen-bond acceptors (Lipinski definition) is 4. The van der Waals surface area contributed by atoms with Gasteiger partial charge in [-0.1, -0.05) is 50.1 Å². The Morgan fingerprint density at radius 2 is 1.87 bits per heavy atom. The summed E-state index contributed by atoms with van der Waals surface area (Å²) in [6, 6.07) is 11.1. The number of rotatable bonds is 8.